The highest BCUT2D eigenvalue weighted by Gasteiger charge is 2.26. The van der Waals surface area contributed by atoms with E-state index >= 15 is 0 Å². The predicted molar refractivity (Wildman–Crippen MR) is 109 cm³/mol. The van der Waals surface area contributed by atoms with E-state index in [2.05, 4.69) is 10.2 Å². The van der Waals surface area contributed by atoms with Crippen molar-refractivity contribution in [2.24, 2.45) is 0 Å². The van der Waals surface area contributed by atoms with Crippen LogP contribution in [0.5, 0.6) is 0 Å². The smallest absolute Gasteiger partial charge is 0.243 e. The molecule has 1 atom stereocenters. The Balaban J connectivity index is 2.16. The number of hydrogen-bond donors (Lipinski definition) is 1. The maximum Gasteiger partial charge on any atom is 0.243 e. The normalized spacial score (nSPS) is 17.7. The molecule has 1 aliphatic heterocycles. The SMILES string of the molecule is CCO[C@H]1CCN(C(=S)Nc2cc(S(=O)(=O)N(CC)CC)ccc2C)C1. The second-order valence-electron chi connectivity index (χ2n) is 6.31. The molecule has 0 saturated carbocycles. The van der Waals surface area contributed by atoms with Crippen LogP contribution in [0.3, 0.4) is 0 Å². The molecule has 0 amide bonds. The third kappa shape index (κ3) is 4.73. The molecule has 1 N–H and O–H groups in total. The van der Waals surface area contributed by atoms with Crippen LogP contribution in [0.2, 0.25) is 0 Å². The van der Waals surface area contributed by atoms with Crippen LogP contribution < -0.4 is 5.32 Å². The number of benzene rings is 1. The number of thiocarbonyl (C=S) groups is 1. The minimum atomic E-state index is -3.49. The van der Waals surface area contributed by atoms with Crippen molar-refractivity contribution >= 4 is 33.0 Å². The summed E-state index contributed by atoms with van der Waals surface area (Å²) in [4.78, 5) is 2.35. The number of likely N-dealkylation sites (tertiary alicyclic amines) is 1. The molecule has 0 spiro atoms. The van der Waals surface area contributed by atoms with E-state index in [-0.39, 0.29) is 11.0 Å². The summed E-state index contributed by atoms with van der Waals surface area (Å²) in [5.74, 6) is 0. The summed E-state index contributed by atoms with van der Waals surface area (Å²) < 4.78 is 32.6. The van der Waals surface area contributed by atoms with E-state index in [1.54, 1.807) is 12.1 Å². The van der Waals surface area contributed by atoms with Crippen molar-refractivity contribution < 1.29 is 13.2 Å². The Hall–Kier alpha value is -1.22. The molecule has 1 aromatic rings. The summed E-state index contributed by atoms with van der Waals surface area (Å²) in [7, 11) is -3.49. The van der Waals surface area contributed by atoms with Gasteiger partial charge in [-0.1, -0.05) is 19.9 Å². The van der Waals surface area contributed by atoms with Gasteiger partial charge in [0, 0.05) is 38.5 Å². The standard InChI is InChI=1S/C18H29N3O3S2/c1-5-21(6-2)26(22,23)16-9-8-14(4)17(12-16)19-18(25)20-11-10-15(13-20)24-7-3/h8-9,12,15H,5-7,10-11,13H2,1-4H3,(H,19,25)/t15-/m0/s1. The first-order valence-corrected chi connectivity index (χ1v) is 11.0. The first-order chi connectivity index (χ1) is 12.3. The third-order valence-corrected chi connectivity index (χ3v) is 7.03. The summed E-state index contributed by atoms with van der Waals surface area (Å²) in [6, 6.07) is 5.14. The van der Waals surface area contributed by atoms with Crippen molar-refractivity contribution in [3.63, 3.8) is 0 Å². The van der Waals surface area contributed by atoms with Crippen molar-refractivity contribution in [1.29, 1.82) is 0 Å². The zero-order chi connectivity index (χ0) is 19.3. The Labute approximate surface area is 162 Å². The van der Waals surface area contributed by atoms with Gasteiger partial charge in [-0.2, -0.15) is 4.31 Å². The fourth-order valence-corrected chi connectivity index (χ4v) is 4.85. The molecule has 1 saturated heterocycles. The van der Waals surface area contributed by atoms with E-state index in [1.807, 2.05) is 33.8 Å². The Morgan fingerprint density at radius 2 is 2.04 bits per heavy atom. The number of nitrogens with zero attached hydrogens (tertiary/aromatic N) is 2. The van der Waals surface area contributed by atoms with Gasteiger partial charge in [0.2, 0.25) is 10.0 Å². The van der Waals surface area contributed by atoms with Gasteiger partial charge in [-0.3, -0.25) is 0 Å². The number of aryl methyl sites for hydroxylation is 1. The minimum Gasteiger partial charge on any atom is -0.377 e. The molecule has 0 bridgehead atoms. The molecule has 1 fully saturated rings. The lowest BCUT2D eigenvalue weighted by Gasteiger charge is -2.23. The molecular weight excluding hydrogens is 370 g/mol. The van der Waals surface area contributed by atoms with Gasteiger partial charge in [-0.15, -0.1) is 0 Å². The first kappa shape index (κ1) is 21.1. The van der Waals surface area contributed by atoms with Gasteiger partial charge in [0.1, 0.15) is 0 Å². The quantitative estimate of drug-likeness (QED) is 0.712. The van der Waals surface area contributed by atoms with Crippen LogP contribution in [0.1, 0.15) is 32.8 Å². The molecule has 2 rings (SSSR count). The lowest BCUT2D eigenvalue weighted by Crippen LogP contribution is -2.34. The molecule has 0 aliphatic carbocycles. The van der Waals surface area contributed by atoms with Crippen molar-refractivity contribution in [1.82, 2.24) is 9.21 Å². The summed E-state index contributed by atoms with van der Waals surface area (Å²) in [5, 5.41) is 3.83. The second kappa shape index (κ2) is 9.12. The molecule has 0 radical (unpaired) electrons. The van der Waals surface area contributed by atoms with Crippen LogP contribution in [-0.2, 0) is 14.8 Å². The maximum atomic E-state index is 12.8. The number of anilines is 1. The Bertz CT molecular complexity index is 733. The zero-order valence-electron chi connectivity index (χ0n) is 16.0. The van der Waals surface area contributed by atoms with Crippen LogP contribution in [0.25, 0.3) is 0 Å². The summed E-state index contributed by atoms with van der Waals surface area (Å²) >= 11 is 5.53. The number of hydrogen-bond acceptors (Lipinski definition) is 4. The Morgan fingerprint density at radius 1 is 1.35 bits per heavy atom. The molecule has 1 aromatic carbocycles. The van der Waals surface area contributed by atoms with E-state index in [0.29, 0.717) is 24.8 Å². The van der Waals surface area contributed by atoms with Crippen molar-refractivity contribution in [2.45, 2.75) is 45.1 Å². The average molecular weight is 400 g/mol. The minimum absolute atomic E-state index is 0.204. The summed E-state index contributed by atoms with van der Waals surface area (Å²) in [5.41, 5.74) is 1.68. The van der Waals surface area contributed by atoms with Crippen LogP contribution in [0.4, 0.5) is 5.69 Å². The molecular formula is C18H29N3O3S2. The molecule has 146 valence electrons. The molecule has 1 aliphatic rings. The van der Waals surface area contributed by atoms with E-state index < -0.39 is 10.0 Å². The molecule has 8 heteroatoms. The van der Waals surface area contributed by atoms with Crippen molar-refractivity contribution in [3.8, 4) is 0 Å². The fourth-order valence-electron chi connectivity index (χ4n) is 3.09. The monoisotopic (exact) mass is 399 g/mol. The molecule has 0 unspecified atom stereocenters. The molecule has 0 aromatic heterocycles. The largest absolute Gasteiger partial charge is 0.377 e. The van der Waals surface area contributed by atoms with Gasteiger partial charge >= 0.3 is 0 Å². The second-order valence-corrected chi connectivity index (χ2v) is 8.63. The van der Waals surface area contributed by atoms with E-state index in [4.69, 9.17) is 17.0 Å². The number of ether oxygens (including phenoxy) is 1. The number of sulfonamides is 1. The lowest BCUT2D eigenvalue weighted by atomic mass is 10.2. The van der Waals surface area contributed by atoms with Crippen LogP contribution in [0.15, 0.2) is 23.1 Å². The highest BCUT2D eigenvalue weighted by molar-refractivity contribution is 7.89. The summed E-state index contributed by atoms with van der Waals surface area (Å²) in [6.07, 6.45) is 1.15. The predicted octanol–water partition coefficient (Wildman–Crippen LogP) is 2.83. The van der Waals surface area contributed by atoms with Gasteiger partial charge in [0.05, 0.1) is 11.0 Å². The van der Waals surface area contributed by atoms with Gasteiger partial charge in [0.15, 0.2) is 5.11 Å². The van der Waals surface area contributed by atoms with Crippen molar-refractivity contribution in [2.75, 3.05) is 38.1 Å². The fraction of sp³-hybridized carbons (Fsp3) is 0.611. The lowest BCUT2D eigenvalue weighted by molar-refractivity contribution is 0.0734. The van der Waals surface area contributed by atoms with Crippen LogP contribution in [0, 0.1) is 6.92 Å². The number of rotatable bonds is 7. The highest BCUT2D eigenvalue weighted by atomic mass is 32.2. The first-order valence-electron chi connectivity index (χ1n) is 9.11. The van der Waals surface area contributed by atoms with Gasteiger partial charge in [0.25, 0.3) is 0 Å². The number of nitrogens with one attached hydrogen (secondary N) is 1. The molecule has 6 nitrogen and oxygen atoms in total. The maximum absolute atomic E-state index is 12.8. The topological polar surface area (TPSA) is 61.9 Å². The molecule has 26 heavy (non-hydrogen) atoms. The average Bonchev–Trinajstić information content (AvgIpc) is 3.06. The van der Waals surface area contributed by atoms with Gasteiger partial charge < -0.3 is 15.0 Å². The van der Waals surface area contributed by atoms with E-state index in [9.17, 15) is 8.42 Å². The Kier molecular flexibility index (Phi) is 7.40. The highest BCUT2D eigenvalue weighted by Crippen LogP contribution is 2.24. The van der Waals surface area contributed by atoms with Crippen LogP contribution in [-0.4, -0.2) is 61.6 Å². The van der Waals surface area contributed by atoms with Gasteiger partial charge in [-0.25, -0.2) is 8.42 Å². The molecule has 1 heterocycles. The zero-order valence-corrected chi connectivity index (χ0v) is 17.6. The van der Waals surface area contributed by atoms with E-state index in [1.165, 1.54) is 4.31 Å². The Morgan fingerprint density at radius 3 is 2.65 bits per heavy atom. The van der Waals surface area contributed by atoms with Crippen molar-refractivity contribution in [3.05, 3.63) is 23.8 Å². The third-order valence-electron chi connectivity index (χ3n) is 4.63. The van der Waals surface area contributed by atoms with Gasteiger partial charge in [-0.05, 0) is 50.2 Å². The van der Waals surface area contributed by atoms with E-state index in [0.717, 1.165) is 30.8 Å². The van der Waals surface area contributed by atoms with Crippen LogP contribution >= 0.6 is 12.2 Å². The summed E-state index contributed by atoms with van der Waals surface area (Å²) in [6.45, 7) is 10.8.